The number of rotatable bonds is 1. The van der Waals surface area contributed by atoms with Gasteiger partial charge in [-0.15, -0.1) is 5.10 Å². The van der Waals surface area contributed by atoms with Crippen molar-refractivity contribution in [1.29, 1.82) is 0 Å². The third kappa shape index (κ3) is 3.01. The Labute approximate surface area is 157 Å². The molecular formula is C18H15F3N4OS. The van der Waals surface area contributed by atoms with Crippen LogP contribution in [0.5, 0.6) is 0 Å². The summed E-state index contributed by atoms with van der Waals surface area (Å²) < 4.78 is 40.7. The molecule has 5 nitrogen and oxygen atoms in total. The van der Waals surface area contributed by atoms with Crippen molar-refractivity contribution in [3.05, 3.63) is 65.2 Å². The first kappa shape index (κ1) is 17.7. The number of halogens is 3. The largest absolute Gasteiger partial charge is 0.416 e. The SMILES string of the molecule is CSC1=NN2[C@H](C(=O)N1)c1ccccc1N[C@H]2c1ccccc1C(F)(F)F. The average molecular weight is 392 g/mol. The van der Waals surface area contributed by atoms with Crippen molar-refractivity contribution in [2.45, 2.75) is 18.4 Å². The molecule has 0 saturated heterocycles. The van der Waals surface area contributed by atoms with E-state index >= 15 is 0 Å². The number of fused-ring (bicyclic) bond motifs is 3. The van der Waals surface area contributed by atoms with Gasteiger partial charge in [0.2, 0.25) is 0 Å². The second-order valence-electron chi connectivity index (χ2n) is 6.10. The number of hydrogen-bond acceptors (Lipinski definition) is 5. The Hall–Kier alpha value is -2.68. The highest BCUT2D eigenvalue weighted by atomic mass is 32.2. The number of nitrogens with one attached hydrogen (secondary N) is 2. The molecule has 2 N–H and O–H groups in total. The van der Waals surface area contributed by atoms with Crippen LogP contribution >= 0.6 is 11.8 Å². The van der Waals surface area contributed by atoms with E-state index in [4.69, 9.17) is 0 Å². The third-order valence-corrected chi connectivity index (χ3v) is 5.09. The predicted molar refractivity (Wildman–Crippen MR) is 97.9 cm³/mol. The first-order valence-electron chi connectivity index (χ1n) is 8.13. The van der Waals surface area contributed by atoms with Crippen molar-refractivity contribution < 1.29 is 18.0 Å². The van der Waals surface area contributed by atoms with Crippen molar-refractivity contribution >= 4 is 28.5 Å². The number of carbonyl (C=O) groups is 1. The van der Waals surface area contributed by atoms with Gasteiger partial charge in [0, 0.05) is 16.8 Å². The van der Waals surface area contributed by atoms with E-state index < -0.39 is 23.9 Å². The molecule has 27 heavy (non-hydrogen) atoms. The normalized spacial score (nSPS) is 21.6. The second kappa shape index (κ2) is 6.49. The molecule has 2 aliphatic rings. The van der Waals surface area contributed by atoms with Crippen LogP contribution in [0.2, 0.25) is 0 Å². The number of nitrogens with zero attached hydrogens (tertiary/aromatic N) is 2. The molecule has 4 rings (SSSR count). The number of amides is 1. The summed E-state index contributed by atoms with van der Waals surface area (Å²) in [6.45, 7) is 0. The fraction of sp³-hybridized carbons (Fsp3) is 0.222. The molecule has 0 bridgehead atoms. The highest BCUT2D eigenvalue weighted by Gasteiger charge is 2.44. The minimum Gasteiger partial charge on any atom is -0.360 e. The fourth-order valence-corrected chi connectivity index (χ4v) is 3.74. The van der Waals surface area contributed by atoms with Crippen LogP contribution < -0.4 is 10.6 Å². The predicted octanol–water partition coefficient (Wildman–Crippen LogP) is 3.94. The summed E-state index contributed by atoms with van der Waals surface area (Å²) in [7, 11) is 0. The Morgan fingerprint density at radius 3 is 2.44 bits per heavy atom. The van der Waals surface area contributed by atoms with E-state index in [9.17, 15) is 18.0 Å². The molecule has 0 fully saturated rings. The van der Waals surface area contributed by atoms with Crippen LogP contribution in [0.4, 0.5) is 18.9 Å². The fourth-order valence-electron chi connectivity index (χ4n) is 3.36. The standard InChI is InChI=1S/C18H15F3N4OS/c1-27-17-23-16(26)14-11-7-3-5-9-13(11)22-15(25(14)24-17)10-6-2-4-8-12(10)18(19,20)21/h2-9,14-15,22H,1H3,(H,23,24,26)/t14-,15+/m0/s1. The van der Waals surface area contributed by atoms with Crippen LogP contribution in [0.25, 0.3) is 0 Å². The monoisotopic (exact) mass is 392 g/mol. The highest BCUT2D eigenvalue weighted by Crippen LogP contribution is 2.45. The molecule has 0 saturated carbocycles. The van der Waals surface area contributed by atoms with Crippen LogP contribution in [0.15, 0.2) is 53.6 Å². The zero-order valence-electron chi connectivity index (χ0n) is 14.1. The van der Waals surface area contributed by atoms with Gasteiger partial charge in [-0.25, -0.2) is 0 Å². The Bertz CT molecular complexity index is 931. The highest BCUT2D eigenvalue weighted by molar-refractivity contribution is 8.13. The van der Waals surface area contributed by atoms with Gasteiger partial charge in [-0.1, -0.05) is 48.2 Å². The minimum absolute atomic E-state index is 0.0170. The van der Waals surface area contributed by atoms with Crippen molar-refractivity contribution in [3.63, 3.8) is 0 Å². The number of thioether (sulfide) groups is 1. The molecule has 0 aromatic heterocycles. The van der Waals surface area contributed by atoms with E-state index in [2.05, 4.69) is 15.7 Å². The maximum Gasteiger partial charge on any atom is 0.416 e. The van der Waals surface area contributed by atoms with Crippen molar-refractivity contribution in [3.8, 4) is 0 Å². The molecule has 0 unspecified atom stereocenters. The van der Waals surface area contributed by atoms with E-state index in [0.717, 1.165) is 6.07 Å². The Kier molecular flexibility index (Phi) is 4.26. The van der Waals surface area contributed by atoms with Gasteiger partial charge in [0.25, 0.3) is 5.91 Å². The van der Waals surface area contributed by atoms with Gasteiger partial charge in [-0.3, -0.25) is 9.80 Å². The van der Waals surface area contributed by atoms with E-state index in [1.54, 1.807) is 36.6 Å². The van der Waals surface area contributed by atoms with Gasteiger partial charge in [-0.2, -0.15) is 13.2 Å². The summed E-state index contributed by atoms with van der Waals surface area (Å²) in [5.74, 6) is -0.321. The molecule has 1 amide bonds. The third-order valence-electron chi connectivity index (χ3n) is 4.52. The Morgan fingerprint density at radius 1 is 1.07 bits per heavy atom. The molecule has 2 aromatic rings. The number of carbonyl (C=O) groups excluding carboxylic acids is 1. The summed E-state index contributed by atoms with van der Waals surface area (Å²) in [5, 5.41) is 12.0. The number of amidine groups is 1. The molecule has 0 spiro atoms. The summed E-state index contributed by atoms with van der Waals surface area (Å²) in [5.41, 5.74) is 0.536. The molecule has 2 heterocycles. The summed E-state index contributed by atoms with van der Waals surface area (Å²) in [6, 6.07) is 11.6. The van der Waals surface area contributed by atoms with Gasteiger partial charge < -0.3 is 10.6 Å². The number of benzene rings is 2. The van der Waals surface area contributed by atoms with E-state index in [-0.39, 0.29) is 11.5 Å². The number of hydrogen-bond donors (Lipinski definition) is 2. The average Bonchev–Trinajstić information content (AvgIpc) is 2.66. The quantitative estimate of drug-likeness (QED) is 0.772. The lowest BCUT2D eigenvalue weighted by atomic mass is 9.95. The van der Waals surface area contributed by atoms with Crippen LogP contribution in [-0.2, 0) is 11.0 Å². The van der Waals surface area contributed by atoms with Gasteiger partial charge in [0.05, 0.1) is 5.56 Å². The van der Waals surface area contributed by atoms with Crippen LogP contribution in [0, 0.1) is 0 Å². The van der Waals surface area contributed by atoms with Crippen molar-refractivity contribution in [2.24, 2.45) is 5.10 Å². The first-order chi connectivity index (χ1) is 12.9. The number of alkyl halides is 3. The lowest BCUT2D eigenvalue weighted by Gasteiger charge is -2.44. The van der Waals surface area contributed by atoms with Crippen LogP contribution in [0.1, 0.15) is 28.9 Å². The van der Waals surface area contributed by atoms with Crippen molar-refractivity contribution in [2.75, 3.05) is 11.6 Å². The molecular weight excluding hydrogens is 377 g/mol. The molecule has 2 atom stereocenters. The first-order valence-corrected chi connectivity index (χ1v) is 9.36. The van der Waals surface area contributed by atoms with E-state index in [1.165, 1.54) is 28.9 Å². The number of hydrazone groups is 1. The van der Waals surface area contributed by atoms with Crippen molar-refractivity contribution in [1.82, 2.24) is 10.3 Å². The van der Waals surface area contributed by atoms with E-state index in [1.807, 2.05) is 0 Å². The summed E-state index contributed by atoms with van der Waals surface area (Å²) in [4.78, 5) is 12.7. The maximum absolute atomic E-state index is 13.6. The van der Waals surface area contributed by atoms with Crippen LogP contribution in [0.3, 0.4) is 0 Å². The summed E-state index contributed by atoms with van der Waals surface area (Å²) >= 11 is 1.22. The lowest BCUT2D eigenvalue weighted by molar-refractivity contribution is -0.139. The van der Waals surface area contributed by atoms with E-state index in [0.29, 0.717) is 16.4 Å². The van der Waals surface area contributed by atoms with Gasteiger partial charge in [0.15, 0.2) is 11.2 Å². The minimum atomic E-state index is -4.52. The topological polar surface area (TPSA) is 56.7 Å². The molecule has 2 aromatic carbocycles. The zero-order chi connectivity index (χ0) is 19.2. The van der Waals surface area contributed by atoms with Gasteiger partial charge >= 0.3 is 6.18 Å². The number of anilines is 1. The number of para-hydroxylation sites is 1. The molecule has 0 aliphatic carbocycles. The Morgan fingerprint density at radius 2 is 1.74 bits per heavy atom. The van der Waals surface area contributed by atoms with Gasteiger partial charge in [-0.05, 0) is 18.4 Å². The molecule has 0 radical (unpaired) electrons. The summed E-state index contributed by atoms with van der Waals surface area (Å²) in [6.07, 6.45) is -3.71. The van der Waals surface area contributed by atoms with Gasteiger partial charge in [0.1, 0.15) is 6.17 Å². The molecule has 140 valence electrons. The second-order valence-corrected chi connectivity index (χ2v) is 6.90. The Balaban J connectivity index is 1.90. The maximum atomic E-state index is 13.6. The molecule has 9 heteroatoms. The smallest absolute Gasteiger partial charge is 0.360 e. The lowest BCUT2D eigenvalue weighted by Crippen LogP contribution is -2.51. The van der Waals surface area contributed by atoms with Crippen LogP contribution in [-0.4, -0.2) is 22.3 Å². The molecule has 2 aliphatic heterocycles. The zero-order valence-corrected chi connectivity index (χ0v) is 14.9.